The SMILES string of the molecule is CNC(=O)c1ccc(Cl)c(NC(=O)c2csc(I)c2)c1. The van der Waals surface area contributed by atoms with Gasteiger partial charge >= 0.3 is 0 Å². The standard InChI is InChI=1S/C13H10ClIN2O2S/c1-16-12(18)7-2-3-9(14)10(4-7)17-13(19)8-5-11(15)20-6-8/h2-6H,1H3,(H,16,18)(H,17,19). The minimum absolute atomic E-state index is 0.234. The number of hydrogen-bond acceptors (Lipinski definition) is 3. The number of carbonyl (C=O) groups is 2. The predicted molar refractivity (Wildman–Crippen MR) is 89.8 cm³/mol. The lowest BCUT2D eigenvalue weighted by Gasteiger charge is -2.08. The molecule has 0 aliphatic carbocycles. The average Bonchev–Trinajstić information content (AvgIpc) is 2.87. The smallest absolute Gasteiger partial charge is 0.256 e. The van der Waals surface area contributed by atoms with Crippen molar-refractivity contribution in [2.75, 3.05) is 12.4 Å². The number of halogens is 2. The molecule has 1 heterocycles. The molecule has 4 nitrogen and oxygen atoms in total. The van der Waals surface area contributed by atoms with Crippen LogP contribution < -0.4 is 10.6 Å². The quantitative estimate of drug-likeness (QED) is 0.745. The molecule has 0 saturated heterocycles. The second-order valence-corrected chi connectivity index (χ2v) is 7.08. The maximum atomic E-state index is 12.1. The fourth-order valence-electron chi connectivity index (χ4n) is 1.53. The molecule has 0 fully saturated rings. The van der Waals surface area contributed by atoms with Crippen molar-refractivity contribution in [2.24, 2.45) is 0 Å². The van der Waals surface area contributed by atoms with Crippen LogP contribution >= 0.6 is 45.5 Å². The van der Waals surface area contributed by atoms with E-state index in [0.717, 1.165) is 2.88 Å². The van der Waals surface area contributed by atoms with Crippen LogP contribution in [0.1, 0.15) is 20.7 Å². The summed E-state index contributed by atoms with van der Waals surface area (Å²) in [6, 6.07) is 6.52. The molecule has 2 N–H and O–H groups in total. The van der Waals surface area contributed by atoms with Gasteiger partial charge in [-0.2, -0.15) is 0 Å². The van der Waals surface area contributed by atoms with Crippen molar-refractivity contribution in [1.29, 1.82) is 0 Å². The molecule has 7 heteroatoms. The lowest BCUT2D eigenvalue weighted by atomic mass is 10.2. The normalized spacial score (nSPS) is 10.2. The molecule has 0 aliphatic heterocycles. The molecule has 2 rings (SSSR count). The van der Waals surface area contributed by atoms with E-state index in [2.05, 4.69) is 33.2 Å². The van der Waals surface area contributed by atoms with E-state index in [-0.39, 0.29) is 11.8 Å². The summed E-state index contributed by atoms with van der Waals surface area (Å²) in [5.41, 5.74) is 1.42. The van der Waals surface area contributed by atoms with Gasteiger partial charge in [-0.05, 0) is 46.9 Å². The van der Waals surface area contributed by atoms with E-state index in [1.54, 1.807) is 36.7 Å². The third kappa shape index (κ3) is 3.50. The van der Waals surface area contributed by atoms with Gasteiger partial charge in [0.1, 0.15) is 0 Å². The molecule has 20 heavy (non-hydrogen) atoms. The molecule has 1 aromatic carbocycles. The van der Waals surface area contributed by atoms with Crippen LogP contribution in [0.2, 0.25) is 5.02 Å². The topological polar surface area (TPSA) is 58.2 Å². The minimum atomic E-state index is -0.250. The van der Waals surface area contributed by atoms with Crippen molar-refractivity contribution < 1.29 is 9.59 Å². The molecule has 2 aromatic rings. The largest absolute Gasteiger partial charge is 0.355 e. The molecule has 0 bridgehead atoms. The first-order valence-corrected chi connectivity index (χ1v) is 7.92. The Morgan fingerprint density at radius 2 is 1.95 bits per heavy atom. The van der Waals surface area contributed by atoms with E-state index in [4.69, 9.17) is 11.6 Å². The molecular weight excluding hydrogens is 411 g/mol. The van der Waals surface area contributed by atoms with Gasteiger partial charge in [0.15, 0.2) is 0 Å². The average molecular weight is 421 g/mol. The number of nitrogens with one attached hydrogen (secondary N) is 2. The Balaban J connectivity index is 2.24. The molecule has 0 unspecified atom stereocenters. The lowest BCUT2D eigenvalue weighted by molar-refractivity contribution is 0.0961. The van der Waals surface area contributed by atoms with E-state index >= 15 is 0 Å². The number of carbonyl (C=O) groups excluding carboxylic acids is 2. The summed E-state index contributed by atoms with van der Waals surface area (Å²) in [4.78, 5) is 23.6. The molecule has 1 aromatic heterocycles. The molecule has 0 spiro atoms. The van der Waals surface area contributed by atoms with Crippen molar-refractivity contribution in [1.82, 2.24) is 5.32 Å². The molecular formula is C13H10ClIN2O2S. The van der Waals surface area contributed by atoms with Crippen LogP contribution in [-0.4, -0.2) is 18.9 Å². The number of anilines is 1. The van der Waals surface area contributed by atoms with Crippen molar-refractivity contribution >= 4 is 63.0 Å². The molecule has 2 amide bonds. The lowest BCUT2D eigenvalue weighted by Crippen LogP contribution is -2.18. The summed E-state index contributed by atoms with van der Waals surface area (Å²) in [7, 11) is 1.54. The van der Waals surface area contributed by atoms with Crippen molar-refractivity contribution in [2.45, 2.75) is 0 Å². The monoisotopic (exact) mass is 420 g/mol. The van der Waals surface area contributed by atoms with Gasteiger partial charge in [-0.15, -0.1) is 11.3 Å². The molecule has 0 radical (unpaired) electrons. The van der Waals surface area contributed by atoms with Gasteiger partial charge in [-0.1, -0.05) is 11.6 Å². The zero-order valence-corrected chi connectivity index (χ0v) is 14.1. The highest BCUT2D eigenvalue weighted by Crippen LogP contribution is 2.24. The molecule has 104 valence electrons. The Morgan fingerprint density at radius 3 is 2.55 bits per heavy atom. The van der Waals surface area contributed by atoms with Crippen LogP contribution in [-0.2, 0) is 0 Å². The Hall–Kier alpha value is -1.12. The maximum Gasteiger partial charge on any atom is 0.256 e. The maximum absolute atomic E-state index is 12.1. The summed E-state index contributed by atoms with van der Waals surface area (Å²) in [6.07, 6.45) is 0. The van der Waals surface area contributed by atoms with Gasteiger partial charge in [0.25, 0.3) is 11.8 Å². The number of amides is 2. The van der Waals surface area contributed by atoms with Crippen LogP contribution in [0.25, 0.3) is 0 Å². The molecule has 0 aliphatic rings. The minimum Gasteiger partial charge on any atom is -0.355 e. The highest BCUT2D eigenvalue weighted by Gasteiger charge is 2.12. The first kappa shape index (κ1) is 15.3. The summed E-state index contributed by atoms with van der Waals surface area (Å²) < 4.78 is 1.03. The van der Waals surface area contributed by atoms with E-state index in [1.807, 2.05) is 0 Å². The first-order valence-electron chi connectivity index (χ1n) is 5.58. The third-order valence-electron chi connectivity index (χ3n) is 2.53. The number of hydrogen-bond donors (Lipinski definition) is 2. The fraction of sp³-hybridized carbons (Fsp3) is 0.0769. The van der Waals surface area contributed by atoms with E-state index < -0.39 is 0 Å². The number of thiophene rings is 1. The summed E-state index contributed by atoms with van der Waals surface area (Å²) in [6.45, 7) is 0. The molecule has 0 atom stereocenters. The third-order valence-corrected chi connectivity index (χ3v) is 4.65. The van der Waals surface area contributed by atoms with Crippen molar-refractivity contribution in [3.63, 3.8) is 0 Å². The zero-order chi connectivity index (χ0) is 14.7. The van der Waals surface area contributed by atoms with Crippen molar-refractivity contribution in [3.05, 3.63) is 48.7 Å². The van der Waals surface area contributed by atoms with Gasteiger partial charge < -0.3 is 10.6 Å². The Kier molecular flexibility index (Phi) is 5.00. The first-order chi connectivity index (χ1) is 9.51. The van der Waals surface area contributed by atoms with E-state index in [0.29, 0.717) is 21.8 Å². The van der Waals surface area contributed by atoms with Crippen LogP contribution in [0.5, 0.6) is 0 Å². The van der Waals surface area contributed by atoms with Crippen LogP contribution in [0.4, 0.5) is 5.69 Å². The highest BCUT2D eigenvalue weighted by molar-refractivity contribution is 14.1. The van der Waals surface area contributed by atoms with Gasteiger partial charge in [-0.25, -0.2) is 0 Å². The van der Waals surface area contributed by atoms with Crippen LogP contribution in [0.15, 0.2) is 29.6 Å². The summed E-state index contributed by atoms with van der Waals surface area (Å²) in [5, 5.41) is 7.39. The summed E-state index contributed by atoms with van der Waals surface area (Å²) in [5.74, 6) is -0.484. The number of rotatable bonds is 3. The fourth-order valence-corrected chi connectivity index (χ4v) is 3.02. The van der Waals surface area contributed by atoms with E-state index in [9.17, 15) is 9.59 Å². The predicted octanol–water partition coefficient (Wildman–Crippen LogP) is 3.62. The van der Waals surface area contributed by atoms with Crippen molar-refractivity contribution in [3.8, 4) is 0 Å². The van der Waals surface area contributed by atoms with Gasteiger partial charge in [-0.3, -0.25) is 9.59 Å². The Labute approximate surface area is 138 Å². The van der Waals surface area contributed by atoms with Gasteiger partial charge in [0.2, 0.25) is 0 Å². The number of benzene rings is 1. The summed E-state index contributed by atoms with van der Waals surface area (Å²) >= 11 is 9.67. The van der Waals surface area contributed by atoms with Gasteiger partial charge in [0, 0.05) is 18.0 Å². The van der Waals surface area contributed by atoms with E-state index in [1.165, 1.54) is 11.3 Å². The second kappa shape index (κ2) is 6.55. The van der Waals surface area contributed by atoms with Crippen LogP contribution in [0, 0.1) is 2.88 Å². The molecule has 0 saturated carbocycles. The second-order valence-electron chi connectivity index (χ2n) is 3.87. The Bertz CT molecular complexity index is 672. The van der Waals surface area contributed by atoms with Gasteiger partial charge in [0.05, 0.1) is 19.2 Å². The highest BCUT2D eigenvalue weighted by atomic mass is 127. The Morgan fingerprint density at radius 1 is 1.20 bits per heavy atom. The zero-order valence-electron chi connectivity index (χ0n) is 10.4. The van der Waals surface area contributed by atoms with Crippen LogP contribution in [0.3, 0.4) is 0 Å².